The van der Waals surface area contributed by atoms with E-state index in [0.29, 0.717) is 28.1 Å². The van der Waals surface area contributed by atoms with Crippen LogP contribution in [0.2, 0.25) is 5.02 Å². The molecular weight excluding hydrogens is 448 g/mol. The second-order valence-electron chi connectivity index (χ2n) is 7.75. The molecule has 166 valence electrons. The molecule has 0 spiro atoms. The molecule has 8 heteroatoms. The lowest BCUT2D eigenvalue weighted by molar-refractivity contribution is -0.136. The lowest BCUT2D eigenvalue weighted by Crippen LogP contribution is -2.38. The number of hydrogen-bond acceptors (Lipinski definition) is 6. The Hall–Kier alpha value is -2.74. The molecule has 3 aromatic rings. The van der Waals surface area contributed by atoms with Crippen molar-refractivity contribution in [2.45, 2.75) is 25.0 Å². The maximum Gasteiger partial charge on any atom is 0.330 e. The number of aliphatic hydroxyl groups is 1. The standard InChI is InChI=1S/C24H23ClN2O4S/c1-31-21(29)12-11-20(28)27(14-15-9-10-15)22(23(30)16-5-4-6-17(25)13-16)24-26-18-7-2-3-8-19(18)32-24/h2-8,11-13,15,22-23,30H,9-10,14H2,1H3/t22-,23-/m0/s1. The first-order chi connectivity index (χ1) is 15.5. The lowest BCUT2D eigenvalue weighted by atomic mass is 10.0. The summed E-state index contributed by atoms with van der Waals surface area (Å²) < 4.78 is 5.59. The number of aliphatic hydroxyl groups excluding tert-OH is 1. The Balaban J connectivity index is 1.78. The number of carbonyl (C=O) groups excluding carboxylic acids is 2. The third kappa shape index (κ3) is 5.18. The molecule has 1 amide bonds. The van der Waals surface area contributed by atoms with Crippen molar-refractivity contribution >= 4 is 45.0 Å². The average molecular weight is 471 g/mol. The number of methoxy groups -OCH3 is 1. The highest BCUT2D eigenvalue weighted by Gasteiger charge is 2.37. The van der Waals surface area contributed by atoms with Gasteiger partial charge in [0.05, 0.1) is 17.3 Å². The van der Waals surface area contributed by atoms with Crippen molar-refractivity contribution in [2.75, 3.05) is 13.7 Å². The Bertz CT molecular complexity index is 1120. The number of halogens is 1. The van der Waals surface area contributed by atoms with Crippen molar-refractivity contribution in [3.05, 3.63) is 76.3 Å². The van der Waals surface area contributed by atoms with E-state index in [1.807, 2.05) is 24.3 Å². The molecule has 1 aromatic heterocycles. The van der Waals surface area contributed by atoms with Crippen molar-refractivity contribution in [1.82, 2.24) is 9.88 Å². The van der Waals surface area contributed by atoms with Crippen molar-refractivity contribution in [3.8, 4) is 0 Å². The largest absolute Gasteiger partial charge is 0.466 e. The van der Waals surface area contributed by atoms with Gasteiger partial charge in [0, 0.05) is 23.7 Å². The summed E-state index contributed by atoms with van der Waals surface area (Å²) in [5, 5.41) is 12.6. The van der Waals surface area contributed by atoms with E-state index in [0.717, 1.165) is 29.1 Å². The number of aromatic nitrogens is 1. The van der Waals surface area contributed by atoms with Gasteiger partial charge in [-0.3, -0.25) is 4.79 Å². The van der Waals surface area contributed by atoms with Crippen molar-refractivity contribution in [2.24, 2.45) is 5.92 Å². The SMILES string of the molecule is COC(=O)C=CC(=O)N(CC1CC1)[C@H](c1nc2ccccc2s1)[C@@H](O)c1cccc(Cl)c1. The van der Waals surface area contributed by atoms with Crippen LogP contribution in [0.4, 0.5) is 0 Å². The second kappa shape index (κ2) is 9.81. The summed E-state index contributed by atoms with van der Waals surface area (Å²) >= 11 is 7.61. The quantitative estimate of drug-likeness (QED) is 0.381. The first kappa shape index (κ1) is 22.5. The molecule has 1 heterocycles. The zero-order valence-electron chi connectivity index (χ0n) is 17.5. The number of para-hydroxylation sites is 1. The molecule has 1 aliphatic rings. The van der Waals surface area contributed by atoms with Gasteiger partial charge in [0.25, 0.3) is 0 Å². The van der Waals surface area contributed by atoms with Gasteiger partial charge in [-0.2, -0.15) is 0 Å². The fraction of sp³-hybridized carbons (Fsp3) is 0.292. The van der Waals surface area contributed by atoms with Gasteiger partial charge in [-0.05, 0) is 48.6 Å². The van der Waals surface area contributed by atoms with E-state index >= 15 is 0 Å². The van der Waals surface area contributed by atoms with Crippen LogP contribution in [0.5, 0.6) is 0 Å². The normalized spacial score (nSPS) is 15.6. The van der Waals surface area contributed by atoms with Crippen LogP contribution < -0.4 is 0 Å². The summed E-state index contributed by atoms with van der Waals surface area (Å²) in [6, 6.07) is 13.9. The molecule has 1 saturated carbocycles. The van der Waals surface area contributed by atoms with Gasteiger partial charge >= 0.3 is 5.97 Å². The smallest absolute Gasteiger partial charge is 0.330 e. The van der Waals surface area contributed by atoms with Gasteiger partial charge in [0.15, 0.2) is 0 Å². The summed E-state index contributed by atoms with van der Waals surface area (Å²) in [7, 11) is 1.26. The second-order valence-corrected chi connectivity index (χ2v) is 9.25. The summed E-state index contributed by atoms with van der Waals surface area (Å²) in [4.78, 5) is 31.2. The van der Waals surface area contributed by atoms with Crippen LogP contribution in [0.1, 0.15) is 35.6 Å². The molecule has 0 aliphatic heterocycles. The van der Waals surface area contributed by atoms with Crippen LogP contribution in [0, 0.1) is 5.92 Å². The molecular formula is C24H23ClN2O4S. The summed E-state index contributed by atoms with van der Waals surface area (Å²) in [5.74, 6) is -0.641. The number of hydrogen-bond donors (Lipinski definition) is 1. The molecule has 2 aromatic carbocycles. The minimum absolute atomic E-state index is 0.355. The number of amides is 1. The monoisotopic (exact) mass is 470 g/mol. The number of rotatable bonds is 8. The van der Waals surface area contributed by atoms with E-state index in [2.05, 4.69) is 4.74 Å². The predicted molar refractivity (Wildman–Crippen MR) is 124 cm³/mol. The molecule has 4 rings (SSSR count). The molecule has 1 aliphatic carbocycles. The molecule has 1 N–H and O–H groups in total. The van der Waals surface area contributed by atoms with Crippen molar-refractivity contribution in [3.63, 3.8) is 0 Å². The molecule has 0 saturated heterocycles. The highest BCUT2D eigenvalue weighted by molar-refractivity contribution is 7.18. The topological polar surface area (TPSA) is 79.7 Å². The number of nitrogens with zero attached hydrogens (tertiary/aromatic N) is 2. The molecule has 2 atom stereocenters. The Morgan fingerprint density at radius 2 is 2.03 bits per heavy atom. The van der Waals surface area contributed by atoms with Gasteiger partial charge in [-0.15, -0.1) is 11.3 Å². The minimum atomic E-state index is -1.05. The number of carbonyl (C=O) groups is 2. The third-order valence-corrected chi connectivity index (χ3v) is 6.73. The maximum atomic E-state index is 13.2. The number of fused-ring (bicyclic) bond motifs is 1. The van der Waals surface area contributed by atoms with E-state index in [9.17, 15) is 14.7 Å². The zero-order chi connectivity index (χ0) is 22.7. The van der Waals surface area contributed by atoms with E-state index in [-0.39, 0.29) is 5.91 Å². The predicted octanol–water partition coefficient (Wildman–Crippen LogP) is 4.69. The van der Waals surface area contributed by atoms with E-state index in [4.69, 9.17) is 16.6 Å². The van der Waals surface area contributed by atoms with Gasteiger partial charge in [0.1, 0.15) is 17.2 Å². The van der Waals surface area contributed by atoms with Gasteiger partial charge in [-0.1, -0.05) is 35.9 Å². The number of benzene rings is 2. The fourth-order valence-electron chi connectivity index (χ4n) is 3.55. The lowest BCUT2D eigenvalue weighted by Gasteiger charge is -2.33. The van der Waals surface area contributed by atoms with Crippen molar-refractivity contribution < 1.29 is 19.4 Å². The molecule has 6 nitrogen and oxygen atoms in total. The molecule has 0 radical (unpaired) electrons. The number of ether oxygens (including phenoxy) is 1. The van der Waals surface area contributed by atoms with E-state index < -0.39 is 18.1 Å². The minimum Gasteiger partial charge on any atom is -0.466 e. The van der Waals surface area contributed by atoms with Crippen LogP contribution in [0.25, 0.3) is 10.2 Å². The van der Waals surface area contributed by atoms with Crippen LogP contribution in [0.15, 0.2) is 60.7 Å². The maximum absolute atomic E-state index is 13.2. The Labute approximate surface area is 195 Å². The Kier molecular flexibility index (Phi) is 6.89. The van der Waals surface area contributed by atoms with Gasteiger partial charge in [-0.25, -0.2) is 9.78 Å². The Morgan fingerprint density at radius 1 is 1.25 bits per heavy atom. The third-order valence-electron chi connectivity index (χ3n) is 5.39. The number of esters is 1. The average Bonchev–Trinajstić information content (AvgIpc) is 3.52. The first-order valence-corrected chi connectivity index (χ1v) is 11.5. The Morgan fingerprint density at radius 3 is 2.72 bits per heavy atom. The summed E-state index contributed by atoms with van der Waals surface area (Å²) in [6.07, 6.45) is 3.28. The highest BCUT2D eigenvalue weighted by atomic mass is 35.5. The summed E-state index contributed by atoms with van der Waals surface area (Å²) in [5.41, 5.74) is 1.40. The van der Waals surface area contributed by atoms with Crippen LogP contribution in [-0.4, -0.2) is 40.5 Å². The van der Waals surface area contributed by atoms with E-state index in [1.54, 1.807) is 29.2 Å². The first-order valence-electron chi connectivity index (χ1n) is 10.3. The van der Waals surface area contributed by atoms with Crippen molar-refractivity contribution in [1.29, 1.82) is 0 Å². The van der Waals surface area contributed by atoms with Gasteiger partial charge in [0.2, 0.25) is 5.91 Å². The fourth-order valence-corrected chi connectivity index (χ4v) is 4.86. The van der Waals surface area contributed by atoms with Crippen LogP contribution in [-0.2, 0) is 14.3 Å². The highest BCUT2D eigenvalue weighted by Crippen LogP contribution is 2.41. The number of thiazole rings is 1. The summed E-state index contributed by atoms with van der Waals surface area (Å²) in [6.45, 7) is 0.461. The molecule has 0 unspecified atom stereocenters. The molecule has 0 bridgehead atoms. The molecule has 1 fully saturated rings. The van der Waals surface area contributed by atoms with Gasteiger partial charge < -0.3 is 14.7 Å². The van der Waals surface area contributed by atoms with Crippen LogP contribution in [0.3, 0.4) is 0 Å². The zero-order valence-corrected chi connectivity index (χ0v) is 19.1. The van der Waals surface area contributed by atoms with E-state index in [1.165, 1.54) is 24.5 Å². The molecule has 32 heavy (non-hydrogen) atoms. The van der Waals surface area contributed by atoms with Crippen LogP contribution >= 0.6 is 22.9 Å².